The Morgan fingerprint density at radius 3 is 1.56 bits per heavy atom. The topological polar surface area (TPSA) is 37.3 Å². The highest BCUT2D eigenvalue weighted by Gasteiger charge is 2.45. The van der Waals surface area contributed by atoms with Gasteiger partial charge in [0.25, 0.3) is 0 Å². The zero-order valence-electron chi connectivity index (χ0n) is 11.2. The van der Waals surface area contributed by atoms with Gasteiger partial charge in [-0.25, -0.2) is 0 Å². The molecule has 0 atom stereocenters. The Kier molecular flexibility index (Phi) is 6.26. The van der Waals surface area contributed by atoms with Crippen molar-refractivity contribution in [1.82, 2.24) is 0 Å². The first kappa shape index (κ1) is 16.2. The summed E-state index contributed by atoms with van der Waals surface area (Å²) in [6, 6.07) is 0. The van der Waals surface area contributed by atoms with Gasteiger partial charge in [0.15, 0.2) is 0 Å². The molecule has 0 aliphatic heterocycles. The monoisotopic (exact) mass is 264 g/mol. The molecule has 0 unspecified atom stereocenters. The van der Waals surface area contributed by atoms with Gasteiger partial charge in [-0.3, -0.25) is 4.79 Å². The van der Waals surface area contributed by atoms with Crippen molar-refractivity contribution in [3.63, 3.8) is 0 Å². The fraction of sp³-hybridized carbons (Fsp3) is 0.917. The molecule has 96 valence electrons. The molecule has 0 radical (unpaired) electrons. The average Bonchev–Trinajstić information content (AvgIpc) is 1.99. The minimum atomic E-state index is -0.683. The molecule has 0 rings (SSSR count). The van der Waals surface area contributed by atoms with E-state index in [0.717, 1.165) is 11.5 Å². The first-order valence-corrected chi connectivity index (χ1v) is 7.66. The Morgan fingerprint density at radius 2 is 1.38 bits per heavy atom. The van der Waals surface area contributed by atoms with E-state index in [-0.39, 0.29) is 15.4 Å². The fourth-order valence-corrected chi connectivity index (χ4v) is 5.03. The number of carboxylic acid groups (broad SMARTS) is 1. The zero-order valence-corrected chi connectivity index (χ0v) is 12.8. The van der Waals surface area contributed by atoms with E-state index < -0.39 is 5.97 Å². The van der Waals surface area contributed by atoms with Gasteiger partial charge in [-0.1, -0.05) is 13.8 Å². The maximum absolute atomic E-state index is 11.5. The van der Waals surface area contributed by atoms with Crippen molar-refractivity contribution in [2.45, 2.75) is 51.0 Å². The molecule has 2 nitrogen and oxygen atoms in total. The van der Waals surface area contributed by atoms with Crippen LogP contribution in [0.2, 0.25) is 0 Å². The number of carbonyl (C=O) groups is 1. The number of rotatable bonds is 7. The summed E-state index contributed by atoms with van der Waals surface area (Å²) in [5.41, 5.74) is 0. The lowest BCUT2D eigenvalue weighted by atomic mass is 9.84. The molecule has 0 saturated heterocycles. The minimum Gasteiger partial charge on any atom is -0.481 e. The number of thioether (sulfide) groups is 2. The van der Waals surface area contributed by atoms with Gasteiger partial charge in [0.05, 0.1) is 5.92 Å². The molecule has 0 aromatic heterocycles. The Balaban J connectivity index is 5.07. The van der Waals surface area contributed by atoms with Crippen LogP contribution in [-0.2, 0) is 4.79 Å². The molecule has 0 aliphatic rings. The molecule has 0 fully saturated rings. The van der Waals surface area contributed by atoms with Crippen molar-refractivity contribution in [2.75, 3.05) is 11.5 Å². The first-order valence-electron chi connectivity index (χ1n) is 5.69. The van der Waals surface area contributed by atoms with Crippen LogP contribution in [0.1, 0.15) is 41.5 Å². The Bertz CT molecular complexity index is 219. The molecule has 0 aliphatic carbocycles. The average molecular weight is 264 g/mol. The standard InChI is InChI=1S/C12H24O2S2/c1-7-15-11(3,4)9(10(13)14)12(5,6)16-8-2/h9H,7-8H2,1-6H3,(H,13,14). The summed E-state index contributed by atoms with van der Waals surface area (Å²) in [6.45, 7) is 12.3. The fourth-order valence-electron chi connectivity index (χ4n) is 2.34. The predicted molar refractivity (Wildman–Crippen MR) is 75.5 cm³/mol. The highest BCUT2D eigenvalue weighted by molar-refractivity contribution is 8.01. The lowest BCUT2D eigenvalue weighted by Crippen LogP contribution is -2.46. The highest BCUT2D eigenvalue weighted by atomic mass is 32.2. The van der Waals surface area contributed by atoms with Gasteiger partial charge in [-0.15, -0.1) is 0 Å². The smallest absolute Gasteiger partial charge is 0.309 e. The van der Waals surface area contributed by atoms with Crippen LogP contribution in [0.3, 0.4) is 0 Å². The van der Waals surface area contributed by atoms with Gasteiger partial charge in [-0.2, -0.15) is 23.5 Å². The summed E-state index contributed by atoms with van der Waals surface area (Å²) in [5.74, 6) is 0.875. The second kappa shape index (κ2) is 6.20. The van der Waals surface area contributed by atoms with E-state index >= 15 is 0 Å². The molecule has 4 heteroatoms. The number of hydrogen-bond donors (Lipinski definition) is 1. The summed E-state index contributed by atoms with van der Waals surface area (Å²) in [5, 5.41) is 9.47. The van der Waals surface area contributed by atoms with Crippen molar-refractivity contribution >= 4 is 29.5 Å². The van der Waals surface area contributed by atoms with Crippen LogP contribution in [0.15, 0.2) is 0 Å². The third-order valence-electron chi connectivity index (χ3n) is 2.67. The van der Waals surface area contributed by atoms with Gasteiger partial charge in [0.2, 0.25) is 0 Å². The van der Waals surface area contributed by atoms with E-state index in [9.17, 15) is 9.90 Å². The molecule has 1 N–H and O–H groups in total. The first-order chi connectivity index (χ1) is 7.19. The molecule has 0 bridgehead atoms. The van der Waals surface area contributed by atoms with Crippen LogP contribution >= 0.6 is 23.5 Å². The maximum atomic E-state index is 11.5. The van der Waals surface area contributed by atoms with E-state index in [1.54, 1.807) is 23.5 Å². The van der Waals surface area contributed by atoms with Gasteiger partial charge >= 0.3 is 5.97 Å². The largest absolute Gasteiger partial charge is 0.481 e. The van der Waals surface area contributed by atoms with E-state index in [1.807, 2.05) is 27.7 Å². The van der Waals surface area contributed by atoms with Gasteiger partial charge in [-0.05, 0) is 39.2 Å². The van der Waals surface area contributed by atoms with Crippen LogP contribution < -0.4 is 0 Å². The van der Waals surface area contributed by atoms with Gasteiger partial charge in [0.1, 0.15) is 0 Å². The van der Waals surface area contributed by atoms with Crippen LogP contribution in [0, 0.1) is 5.92 Å². The summed E-state index contributed by atoms with van der Waals surface area (Å²) in [7, 11) is 0. The van der Waals surface area contributed by atoms with Crippen molar-refractivity contribution in [1.29, 1.82) is 0 Å². The van der Waals surface area contributed by atoms with Crippen molar-refractivity contribution in [2.24, 2.45) is 5.92 Å². The molecule has 0 amide bonds. The number of aliphatic carboxylic acids is 1. The molecule has 0 aromatic carbocycles. The second-order valence-corrected chi connectivity index (χ2v) is 8.68. The van der Waals surface area contributed by atoms with E-state index in [0.29, 0.717) is 0 Å². The van der Waals surface area contributed by atoms with Crippen molar-refractivity contribution < 1.29 is 9.90 Å². The van der Waals surface area contributed by atoms with Crippen molar-refractivity contribution in [3.8, 4) is 0 Å². The molecule has 0 spiro atoms. The van der Waals surface area contributed by atoms with Crippen LogP contribution in [0.4, 0.5) is 0 Å². The van der Waals surface area contributed by atoms with E-state index in [1.165, 1.54) is 0 Å². The summed E-state index contributed by atoms with van der Waals surface area (Å²) < 4.78 is -0.460. The third kappa shape index (κ3) is 4.21. The Labute approximate surface area is 108 Å². The Morgan fingerprint density at radius 1 is 1.06 bits per heavy atom. The summed E-state index contributed by atoms with van der Waals surface area (Å²) in [6.07, 6.45) is 0. The van der Waals surface area contributed by atoms with Crippen molar-refractivity contribution in [3.05, 3.63) is 0 Å². The van der Waals surface area contributed by atoms with E-state index in [2.05, 4.69) is 13.8 Å². The molecule has 0 heterocycles. The molecular formula is C12H24O2S2. The quantitative estimate of drug-likeness (QED) is 0.760. The third-order valence-corrected chi connectivity index (χ3v) is 5.21. The minimum absolute atomic E-state index is 0.230. The summed E-state index contributed by atoms with van der Waals surface area (Å²) >= 11 is 3.46. The molecular weight excluding hydrogens is 240 g/mol. The predicted octanol–water partition coefficient (Wildman–Crippen LogP) is 3.75. The Hall–Kier alpha value is 0.170. The van der Waals surface area contributed by atoms with Crippen LogP contribution in [0.5, 0.6) is 0 Å². The van der Waals surface area contributed by atoms with Gasteiger partial charge < -0.3 is 5.11 Å². The SMILES string of the molecule is CCSC(C)(C)C(C(=O)O)C(C)(C)SCC. The lowest BCUT2D eigenvalue weighted by Gasteiger charge is -2.40. The lowest BCUT2D eigenvalue weighted by molar-refractivity contribution is -0.143. The highest BCUT2D eigenvalue weighted by Crippen LogP contribution is 2.44. The maximum Gasteiger partial charge on any atom is 0.309 e. The normalized spacial score (nSPS) is 13.2. The summed E-state index contributed by atoms with van der Waals surface area (Å²) in [4.78, 5) is 11.5. The van der Waals surface area contributed by atoms with Crippen LogP contribution in [-0.4, -0.2) is 32.1 Å². The molecule has 0 saturated carbocycles. The number of hydrogen-bond acceptors (Lipinski definition) is 3. The van der Waals surface area contributed by atoms with Crippen LogP contribution in [0.25, 0.3) is 0 Å². The second-order valence-electron chi connectivity index (χ2n) is 4.84. The zero-order chi connectivity index (χ0) is 13.0. The number of carboxylic acids is 1. The van der Waals surface area contributed by atoms with Gasteiger partial charge in [0, 0.05) is 9.49 Å². The molecule has 16 heavy (non-hydrogen) atoms. The van der Waals surface area contributed by atoms with E-state index in [4.69, 9.17) is 0 Å². The molecule has 0 aromatic rings.